The van der Waals surface area contributed by atoms with Gasteiger partial charge in [0.05, 0.1) is 25.0 Å². The van der Waals surface area contributed by atoms with E-state index in [0.717, 1.165) is 5.56 Å². The Bertz CT molecular complexity index is 1420. The molecule has 0 saturated carbocycles. The van der Waals surface area contributed by atoms with Gasteiger partial charge >= 0.3 is 0 Å². The zero-order valence-electron chi connectivity index (χ0n) is 22.5. The van der Waals surface area contributed by atoms with Gasteiger partial charge < -0.3 is 30.2 Å². The Kier molecular flexibility index (Phi) is 8.70. The number of para-hydroxylation sites is 1. The molecule has 0 fully saturated rings. The largest absolute Gasteiger partial charge is 0.494 e. The number of anilines is 1. The molecule has 1 aromatic heterocycles. The Labute approximate surface area is 227 Å². The van der Waals surface area contributed by atoms with Crippen molar-refractivity contribution in [1.29, 1.82) is 5.41 Å². The molecule has 0 saturated heterocycles. The highest BCUT2D eigenvalue weighted by molar-refractivity contribution is 5.95. The summed E-state index contributed by atoms with van der Waals surface area (Å²) in [6.45, 7) is 8.40. The van der Waals surface area contributed by atoms with Crippen LogP contribution in [0.3, 0.4) is 0 Å². The Morgan fingerprint density at radius 3 is 2.41 bits per heavy atom. The van der Waals surface area contributed by atoms with Crippen molar-refractivity contribution in [3.63, 3.8) is 0 Å². The molecule has 0 aliphatic carbocycles. The van der Waals surface area contributed by atoms with Gasteiger partial charge in [0.1, 0.15) is 29.2 Å². The lowest BCUT2D eigenvalue weighted by atomic mass is 10.0. The van der Waals surface area contributed by atoms with Crippen molar-refractivity contribution < 1.29 is 18.6 Å². The maximum atomic E-state index is 16.0. The average Bonchev–Trinajstić information content (AvgIpc) is 3.40. The molecule has 0 radical (unpaired) electrons. The lowest BCUT2D eigenvalue weighted by Crippen LogP contribution is -2.18. The number of amidine groups is 1. The molecule has 0 spiro atoms. The number of aromatic amines is 1. The number of hydrogen-bond donors (Lipinski definition) is 4. The van der Waals surface area contributed by atoms with Gasteiger partial charge in [0, 0.05) is 34.6 Å². The molecule has 8 nitrogen and oxygen atoms in total. The number of nitrogens with two attached hydrogens (primary N) is 1. The number of aromatic nitrogens is 2. The van der Waals surface area contributed by atoms with Gasteiger partial charge in [-0.15, -0.1) is 0 Å². The minimum Gasteiger partial charge on any atom is -0.494 e. The third-order valence-corrected chi connectivity index (χ3v) is 5.87. The first-order valence-electron chi connectivity index (χ1n) is 12.9. The molecule has 5 N–H and O–H groups in total. The van der Waals surface area contributed by atoms with Crippen molar-refractivity contribution in [3.8, 4) is 28.5 Å². The molecule has 1 unspecified atom stereocenters. The predicted octanol–water partition coefficient (Wildman–Crippen LogP) is 6.29. The van der Waals surface area contributed by atoms with Crippen LogP contribution in [0.5, 0.6) is 17.2 Å². The lowest BCUT2D eigenvalue weighted by Gasteiger charge is -2.22. The van der Waals surface area contributed by atoms with Gasteiger partial charge in [-0.1, -0.05) is 12.1 Å². The Balaban J connectivity index is 1.83. The number of benzene rings is 3. The van der Waals surface area contributed by atoms with Crippen LogP contribution in [-0.2, 0) is 0 Å². The highest BCUT2D eigenvalue weighted by Gasteiger charge is 2.26. The van der Waals surface area contributed by atoms with E-state index in [1.165, 1.54) is 0 Å². The van der Waals surface area contributed by atoms with Crippen molar-refractivity contribution in [2.45, 2.75) is 39.8 Å². The van der Waals surface area contributed by atoms with E-state index in [2.05, 4.69) is 10.3 Å². The third kappa shape index (κ3) is 6.49. The molecule has 1 heterocycles. The molecular formula is C30H34FN5O3. The molecule has 9 heteroatoms. The molecule has 0 aliphatic rings. The van der Waals surface area contributed by atoms with Crippen LogP contribution in [0.15, 0.2) is 66.9 Å². The van der Waals surface area contributed by atoms with Crippen molar-refractivity contribution in [1.82, 2.24) is 9.97 Å². The fourth-order valence-corrected chi connectivity index (χ4v) is 4.18. The van der Waals surface area contributed by atoms with Gasteiger partial charge in [-0.2, -0.15) is 0 Å². The molecule has 0 aliphatic heterocycles. The van der Waals surface area contributed by atoms with Crippen LogP contribution < -0.4 is 25.3 Å². The molecule has 4 aromatic rings. The van der Waals surface area contributed by atoms with Crippen LogP contribution in [-0.4, -0.2) is 35.1 Å². The van der Waals surface area contributed by atoms with E-state index < -0.39 is 11.9 Å². The number of hydrogen-bond acceptors (Lipinski definition) is 6. The van der Waals surface area contributed by atoms with Gasteiger partial charge in [0.2, 0.25) is 0 Å². The van der Waals surface area contributed by atoms with Crippen LogP contribution in [0.1, 0.15) is 50.7 Å². The van der Waals surface area contributed by atoms with Crippen LogP contribution in [0, 0.1) is 11.2 Å². The van der Waals surface area contributed by atoms with Crippen molar-refractivity contribution >= 4 is 11.5 Å². The van der Waals surface area contributed by atoms with Crippen molar-refractivity contribution in [2.24, 2.45) is 5.73 Å². The zero-order chi connectivity index (χ0) is 27.9. The third-order valence-electron chi connectivity index (χ3n) is 5.87. The summed E-state index contributed by atoms with van der Waals surface area (Å²) in [6, 6.07) is 17.1. The summed E-state index contributed by atoms with van der Waals surface area (Å²) in [5.74, 6) is 1.22. The number of nitrogens with zero attached hydrogens (tertiary/aromatic N) is 1. The number of halogens is 1. The van der Waals surface area contributed by atoms with E-state index in [4.69, 9.17) is 30.3 Å². The molecule has 0 bridgehead atoms. The standard InChI is InChI=1S/C30H34FN5O3/c1-5-37-21-15-23(27(31)26(16-21)39-18(3)4)28(35-20-13-11-19(12-14-20)29(32)33)30-34-17-24(36-30)22-9-7-8-10-25(22)38-6-2/h7-18,28,35H,5-6H2,1-4H3,(H3,32,33)(H,34,36). The molecular weight excluding hydrogens is 497 g/mol. The molecule has 3 aromatic carbocycles. The van der Waals surface area contributed by atoms with E-state index in [1.54, 1.807) is 42.6 Å². The summed E-state index contributed by atoms with van der Waals surface area (Å²) in [5, 5.41) is 11.1. The first kappa shape index (κ1) is 27.5. The molecule has 4 rings (SSSR count). The summed E-state index contributed by atoms with van der Waals surface area (Å²) in [5.41, 5.74) is 8.67. The topological polar surface area (TPSA) is 118 Å². The summed E-state index contributed by atoms with van der Waals surface area (Å²) >= 11 is 0. The number of nitrogen functional groups attached to an aromatic ring is 1. The van der Waals surface area contributed by atoms with E-state index in [9.17, 15) is 0 Å². The fraction of sp³-hybridized carbons (Fsp3) is 0.267. The fourth-order valence-electron chi connectivity index (χ4n) is 4.18. The number of H-pyrrole nitrogens is 1. The quantitative estimate of drug-likeness (QED) is 0.126. The molecule has 0 amide bonds. The van der Waals surface area contributed by atoms with Crippen LogP contribution in [0.4, 0.5) is 10.1 Å². The van der Waals surface area contributed by atoms with Gasteiger partial charge in [0.15, 0.2) is 11.6 Å². The summed E-state index contributed by atoms with van der Waals surface area (Å²) in [7, 11) is 0. The van der Waals surface area contributed by atoms with Gasteiger partial charge in [-0.25, -0.2) is 9.37 Å². The van der Waals surface area contributed by atoms with Gasteiger partial charge in [0.25, 0.3) is 0 Å². The SMILES string of the molecule is CCOc1cc(OC(C)C)c(F)c(C(Nc2ccc(C(=N)N)cc2)c2nc(-c3ccccc3OCC)c[nH]2)c1. The second kappa shape index (κ2) is 12.3. The van der Waals surface area contributed by atoms with Crippen molar-refractivity contribution in [3.05, 3.63) is 89.6 Å². The second-order valence-electron chi connectivity index (χ2n) is 9.09. The minimum atomic E-state index is -0.740. The average molecular weight is 532 g/mol. The zero-order valence-corrected chi connectivity index (χ0v) is 22.5. The Hall–Kier alpha value is -4.53. The number of imidazole rings is 1. The monoisotopic (exact) mass is 531 g/mol. The normalized spacial score (nSPS) is 11.7. The lowest BCUT2D eigenvalue weighted by molar-refractivity contribution is 0.228. The minimum absolute atomic E-state index is 0.0346. The molecule has 204 valence electrons. The first-order chi connectivity index (χ1) is 18.8. The number of ether oxygens (including phenoxy) is 3. The van der Waals surface area contributed by atoms with Crippen LogP contribution >= 0.6 is 0 Å². The van der Waals surface area contributed by atoms with Crippen molar-refractivity contribution in [2.75, 3.05) is 18.5 Å². The smallest absolute Gasteiger partial charge is 0.171 e. The van der Waals surface area contributed by atoms with E-state index in [1.807, 2.05) is 52.0 Å². The van der Waals surface area contributed by atoms with Crippen LogP contribution in [0.25, 0.3) is 11.3 Å². The Morgan fingerprint density at radius 2 is 1.74 bits per heavy atom. The van der Waals surface area contributed by atoms with E-state index in [-0.39, 0.29) is 17.7 Å². The predicted molar refractivity (Wildman–Crippen MR) is 151 cm³/mol. The highest BCUT2D eigenvalue weighted by Crippen LogP contribution is 2.37. The second-order valence-corrected chi connectivity index (χ2v) is 9.09. The maximum absolute atomic E-state index is 16.0. The molecule has 1 atom stereocenters. The van der Waals surface area contributed by atoms with Gasteiger partial charge in [-0.3, -0.25) is 5.41 Å². The summed E-state index contributed by atoms with van der Waals surface area (Å²) in [4.78, 5) is 8.08. The molecule has 39 heavy (non-hydrogen) atoms. The summed E-state index contributed by atoms with van der Waals surface area (Å²) in [6.07, 6.45) is 1.54. The maximum Gasteiger partial charge on any atom is 0.171 e. The number of nitrogens with one attached hydrogen (secondary N) is 3. The highest BCUT2D eigenvalue weighted by atomic mass is 19.1. The van der Waals surface area contributed by atoms with Gasteiger partial charge in [-0.05, 0) is 70.2 Å². The Morgan fingerprint density at radius 1 is 1.03 bits per heavy atom. The van der Waals surface area contributed by atoms with Crippen LogP contribution in [0.2, 0.25) is 0 Å². The summed E-state index contributed by atoms with van der Waals surface area (Å²) < 4.78 is 33.4. The number of rotatable bonds is 12. The first-order valence-corrected chi connectivity index (χ1v) is 12.9. The van der Waals surface area contributed by atoms with E-state index in [0.29, 0.717) is 53.0 Å². The van der Waals surface area contributed by atoms with E-state index >= 15 is 4.39 Å².